The van der Waals surface area contributed by atoms with Crippen LogP contribution in [0.4, 0.5) is 0 Å². The Hall–Kier alpha value is -3.89. The Kier molecular flexibility index (Phi) is 5.77. The van der Waals surface area contributed by atoms with Gasteiger partial charge >= 0.3 is 5.69 Å². The average molecular weight is 387 g/mol. The van der Waals surface area contributed by atoms with Crippen molar-refractivity contribution in [3.8, 4) is 0 Å². The van der Waals surface area contributed by atoms with E-state index in [-0.39, 0.29) is 11.5 Å². The molecule has 0 radical (unpaired) electrons. The molecule has 3 aromatic rings. The molecule has 6 heteroatoms. The lowest BCUT2D eigenvalue weighted by molar-refractivity contribution is 0.0932. The lowest BCUT2D eigenvalue weighted by Gasteiger charge is -2.24. The van der Waals surface area contributed by atoms with Gasteiger partial charge in [-0.15, -0.1) is 5.73 Å². The fraction of sp³-hybridized carbons (Fsp3) is 0.130. The van der Waals surface area contributed by atoms with Gasteiger partial charge in [0.05, 0.1) is 0 Å². The third-order valence-electron chi connectivity index (χ3n) is 4.61. The van der Waals surface area contributed by atoms with Gasteiger partial charge in [-0.1, -0.05) is 55.1 Å². The molecule has 1 N–H and O–H groups in total. The lowest BCUT2D eigenvalue weighted by Crippen LogP contribution is -2.45. The summed E-state index contributed by atoms with van der Waals surface area (Å²) in [6, 6.07) is 17.9. The second-order valence-electron chi connectivity index (χ2n) is 6.56. The molecule has 1 heterocycles. The van der Waals surface area contributed by atoms with Gasteiger partial charge in [-0.2, -0.15) is 0 Å². The van der Waals surface area contributed by atoms with Gasteiger partial charge in [-0.05, 0) is 24.6 Å². The SMILES string of the molecule is C=C=C(c1ccccc1)C(NC(=O)c1ccccc1)n1cc(C)c(=O)n(C)c1=O. The standard InChI is InChI=1S/C23H21N3O3/c1-4-19(17-11-7-5-8-12-17)20(24-21(27)18-13-9-6-10-14-18)26-15-16(2)22(28)25(3)23(26)29/h5-15,20H,1H2,2-3H3,(H,24,27). The van der Waals surface area contributed by atoms with Crippen molar-refractivity contribution in [3.05, 3.63) is 117 Å². The number of rotatable bonds is 5. The summed E-state index contributed by atoms with van der Waals surface area (Å²) in [6.45, 7) is 5.38. The average Bonchev–Trinajstić information content (AvgIpc) is 2.76. The molecule has 0 aliphatic heterocycles. The molecule has 1 atom stereocenters. The number of aryl methyl sites for hydroxylation is 1. The van der Waals surface area contributed by atoms with Crippen LogP contribution < -0.4 is 16.6 Å². The summed E-state index contributed by atoms with van der Waals surface area (Å²) >= 11 is 0. The summed E-state index contributed by atoms with van der Waals surface area (Å²) in [4.78, 5) is 37.9. The number of amides is 1. The molecule has 0 aliphatic rings. The monoisotopic (exact) mass is 387 g/mol. The molecule has 1 amide bonds. The molecule has 2 aromatic carbocycles. The molecule has 0 bridgehead atoms. The summed E-state index contributed by atoms with van der Waals surface area (Å²) in [5.74, 6) is -0.363. The van der Waals surface area contributed by atoms with Crippen molar-refractivity contribution >= 4 is 11.5 Å². The number of hydrogen-bond donors (Lipinski definition) is 1. The molecule has 29 heavy (non-hydrogen) atoms. The van der Waals surface area contributed by atoms with Crippen LogP contribution >= 0.6 is 0 Å². The molecule has 0 aliphatic carbocycles. The summed E-state index contributed by atoms with van der Waals surface area (Å²) < 4.78 is 2.33. The molecule has 3 rings (SSSR count). The van der Waals surface area contributed by atoms with Crippen molar-refractivity contribution in [2.75, 3.05) is 0 Å². The van der Waals surface area contributed by atoms with Gasteiger partial charge in [0.25, 0.3) is 11.5 Å². The van der Waals surface area contributed by atoms with Crippen LogP contribution in [0.2, 0.25) is 0 Å². The van der Waals surface area contributed by atoms with Crippen LogP contribution in [-0.2, 0) is 7.05 Å². The fourth-order valence-corrected chi connectivity index (χ4v) is 3.08. The summed E-state index contributed by atoms with van der Waals surface area (Å²) in [5.41, 5.74) is 4.00. The molecule has 1 unspecified atom stereocenters. The number of carbonyl (C=O) groups excluding carboxylic acids is 1. The number of aromatic nitrogens is 2. The van der Waals surface area contributed by atoms with Crippen LogP contribution in [0.25, 0.3) is 5.57 Å². The van der Waals surface area contributed by atoms with Crippen LogP contribution in [0.3, 0.4) is 0 Å². The molecule has 0 saturated heterocycles. The van der Waals surface area contributed by atoms with Gasteiger partial charge in [0.1, 0.15) is 6.17 Å². The van der Waals surface area contributed by atoms with Crippen molar-refractivity contribution in [1.82, 2.24) is 14.5 Å². The highest BCUT2D eigenvalue weighted by Crippen LogP contribution is 2.24. The molecule has 1 aromatic heterocycles. The molecule has 0 saturated carbocycles. The Morgan fingerprint density at radius 2 is 1.55 bits per heavy atom. The number of nitrogens with one attached hydrogen (secondary N) is 1. The Labute approximate surface area is 168 Å². The minimum Gasteiger partial charge on any atom is -0.327 e. The normalized spacial score (nSPS) is 11.4. The van der Waals surface area contributed by atoms with Crippen LogP contribution in [0.5, 0.6) is 0 Å². The molecule has 6 nitrogen and oxygen atoms in total. The minimum atomic E-state index is -0.902. The maximum atomic E-state index is 12.9. The zero-order valence-corrected chi connectivity index (χ0v) is 16.3. The van der Waals surface area contributed by atoms with Crippen molar-refractivity contribution in [2.24, 2.45) is 7.05 Å². The lowest BCUT2D eigenvalue weighted by atomic mass is 10.0. The first-order valence-corrected chi connectivity index (χ1v) is 9.04. The predicted molar refractivity (Wildman–Crippen MR) is 113 cm³/mol. The highest BCUT2D eigenvalue weighted by atomic mass is 16.2. The summed E-state index contributed by atoms with van der Waals surface area (Å²) in [6.07, 6.45) is 0.543. The van der Waals surface area contributed by atoms with Crippen LogP contribution in [-0.4, -0.2) is 15.0 Å². The van der Waals surface area contributed by atoms with Crippen LogP contribution in [0.1, 0.15) is 27.7 Å². The van der Waals surface area contributed by atoms with E-state index in [9.17, 15) is 14.4 Å². The van der Waals surface area contributed by atoms with Gasteiger partial charge in [-0.25, -0.2) is 4.79 Å². The number of carbonyl (C=O) groups is 1. The zero-order valence-electron chi connectivity index (χ0n) is 16.3. The number of hydrogen-bond acceptors (Lipinski definition) is 3. The highest BCUT2D eigenvalue weighted by Gasteiger charge is 2.23. The predicted octanol–water partition coefficient (Wildman–Crippen LogP) is 2.65. The van der Waals surface area contributed by atoms with Crippen LogP contribution in [0.15, 0.2) is 88.8 Å². The Morgan fingerprint density at radius 3 is 2.10 bits per heavy atom. The first-order chi connectivity index (χ1) is 13.9. The first kappa shape index (κ1) is 19.9. The highest BCUT2D eigenvalue weighted by molar-refractivity contribution is 5.95. The first-order valence-electron chi connectivity index (χ1n) is 9.04. The van der Waals surface area contributed by atoms with E-state index in [1.807, 2.05) is 36.4 Å². The van der Waals surface area contributed by atoms with E-state index >= 15 is 0 Å². The second-order valence-corrected chi connectivity index (χ2v) is 6.56. The maximum Gasteiger partial charge on any atom is 0.332 e. The smallest absolute Gasteiger partial charge is 0.327 e. The molecule has 0 spiro atoms. The zero-order chi connectivity index (χ0) is 21.0. The maximum absolute atomic E-state index is 12.9. The molecular weight excluding hydrogens is 366 g/mol. The summed E-state index contributed by atoms with van der Waals surface area (Å²) in [7, 11) is 1.41. The van der Waals surface area contributed by atoms with Gasteiger partial charge in [-0.3, -0.25) is 18.7 Å². The largest absolute Gasteiger partial charge is 0.332 e. The van der Waals surface area contributed by atoms with E-state index in [1.54, 1.807) is 31.2 Å². The van der Waals surface area contributed by atoms with Crippen molar-refractivity contribution in [2.45, 2.75) is 13.1 Å². The van der Waals surface area contributed by atoms with E-state index in [2.05, 4.69) is 17.6 Å². The number of benzene rings is 2. The molecular formula is C23H21N3O3. The van der Waals surface area contributed by atoms with E-state index in [4.69, 9.17) is 0 Å². The van der Waals surface area contributed by atoms with E-state index in [0.717, 1.165) is 10.1 Å². The third-order valence-corrected chi connectivity index (χ3v) is 4.61. The molecule has 146 valence electrons. The van der Waals surface area contributed by atoms with Crippen molar-refractivity contribution in [1.29, 1.82) is 0 Å². The van der Waals surface area contributed by atoms with E-state index in [1.165, 1.54) is 17.8 Å². The third kappa shape index (κ3) is 4.03. The minimum absolute atomic E-state index is 0.363. The topological polar surface area (TPSA) is 73.1 Å². The molecule has 0 fully saturated rings. The van der Waals surface area contributed by atoms with E-state index in [0.29, 0.717) is 16.7 Å². The van der Waals surface area contributed by atoms with Crippen molar-refractivity contribution in [3.63, 3.8) is 0 Å². The van der Waals surface area contributed by atoms with Gasteiger partial charge in [0.15, 0.2) is 0 Å². The fourth-order valence-electron chi connectivity index (χ4n) is 3.08. The van der Waals surface area contributed by atoms with Crippen LogP contribution in [0, 0.1) is 6.92 Å². The Balaban J connectivity index is 2.17. The van der Waals surface area contributed by atoms with Crippen molar-refractivity contribution < 1.29 is 4.79 Å². The number of nitrogens with zero attached hydrogens (tertiary/aromatic N) is 2. The van der Waals surface area contributed by atoms with Gasteiger partial charge < -0.3 is 5.32 Å². The second kappa shape index (κ2) is 8.42. The Bertz CT molecular complexity index is 1200. The van der Waals surface area contributed by atoms with E-state index < -0.39 is 11.9 Å². The Morgan fingerprint density at radius 1 is 1.00 bits per heavy atom. The summed E-state index contributed by atoms with van der Waals surface area (Å²) in [5, 5.41) is 2.88. The van der Waals surface area contributed by atoms with Gasteiger partial charge in [0.2, 0.25) is 0 Å². The van der Waals surface area contributed by atoms with Gasteiger partial charge in [0, 0.05) is 29.9 Å². The quantitative estimate of drug-likeness (QED) is 0.684.